The Kier molecular flexibility index (Phi) is 36.9. The van der Waals surface area contributed by atoms with Gasteiger partial charge in [-0.2, -0.15) is 54.0 Å². The number of likely N-dealkylation sites (tertiary alicyclic amines) is 2. The Bertz CT molecular complexity index is 7230. The van der Waals surface area contributed by atoms with E-state index in [0.717, 1.165) is 205 Å². The molecule has 20 rings (SSSR count). The average molecular weight is 2020 g/mol. The molecule has 2 fully saturated rings. The number of fused-ring (bicyclic) bond motifs is 8. The SMILES string of the molecule is C=C1NNc2cnc3c([C@H](C)CNc4cc(-c5ccc(C)nc5)ncn4)cccc3c21.C=C1c2c(cnc3c([C@H](C)CNc4cc(-c5ccc(C)nc5)ncn4)cccc23)NN1C.CNC(=O)c1c(F)cnc2c([C@H](C)CNc3cc(-c4ccc(CC5CCN(C)CC5)nc4)ncn3)cccc12.CNC(=O)c1ccnc2c([C@H](C)CNc3cc(-c4ccc(CC5CCN(C)CC5)nc4)ncn3)ccc(F)c12.S.S.S.S. The largest absolute Gasteiger partial charge is 0.369 e. The number of hydrogen-bond donors (Lipinski definition) is 9. The highest BCUT2D eigenvalue weighted by Crippen LogP contribution is 2.41. The Morgan fingerprint density at radius 3 is 1.21 bits per heavy atom. The van der Waals surface area contributed by atoms with Crippen LogP contribution in [0.2, 0.25) is 0 Å². The van der Waals surface area contributed by atoms with Crippen LogP contribution in [0.15, 0.2) is 234 Å². The van der Waals surface area contributed by atoms with Gasteiger partial charge in [0.25, 0.3) is 11.8 Å². The number of carbonyl (C=O) groups is 2. The van der Waals surface area contributed by atoms with Gasteiger partial charge in [0.15, 0.2) is 5.82 Å². The van der Waals surface area contributed by atoms with E-state index < -0.39 is 17.5 Å². The van der Waals surface area contributed by atoms with E-state index in [1.54, 1.807) is 43.6 Å². The van der Waals surface area contributed by atoms with Crippen molar-refractivity contribution in [2.75, 3.05) is 120 Å². The third-order valence-electron chi connectivity index (χ3n) is 26.6. The lowest BCUT2D eigenvalue weighted by Crippen LogP contribution is -2.31. The van der Waals surface area contributed by atoms with Gasteiger partial charge in [0.2, 0.25) is 0 Å². The van der Waals surface area contributed by atoms with Crippen LogP contribution in [0.25, 0.3) is 100 Å². The number of carbonyl (C=O) groups excluding carboxylic acids is 2. The fourth-order valence-electron chi connectivity index (χ4n) is 18.3. The van der Waals surface area contributed by atoms with Crippen molar-refractivity contribution in [2.24, 2.45) is 11.8 Å². The predicted octanol–water partition coefficient (Wildman–Crippen LogP) is 19.2. The van der Waals surface area contributed by atoms with E-state index in [1.807, 2.05) is 131 Å². The zero-order valence-corrected chi connectivity index (χ0v) is 87.1. The molecule has 0 aliphatic carbocycles. The Balaban J connectivity index is 0.000000161. The summed E-state index contributed by atoms with van der Waals surface area (Å²) in [5.41, 5.74) is 34.3. The molecule has 4 aromatic carbocycles. The fraction of sp³-hybridized carbons (Fsp3) is 0.284. The number of hydrogen-bond acceptors (Lipinski definition) is 28. The summed E-state index contributed by atoms with van der Waals surface area (Å²) >= 11 is 0. The van der Waals surface area contributed by atoms with Crippen LogP contribution < -0.4 is 48.2 Å². The highest BCUT2D eigenvalue weighted by Gasteiger charge is 2.29. The second kappa shape index (κ2) is 49.6. The third kappa shape index (κ3) is 25.6. The first-order valence-electron chi connectivity index (χ1n) is 47.7. The molecular formula is C109H124F2N28O2S4. The minimum Gasteiger partial charge on any atom is -0.369 e. The van der Waals surface area contributed by atoms with E-state index in [2.05, 4.69) is 226 Å². The first kappa shape index (κ1) is 108. The molecule has 0 spiro atoms. The molecule has 12 aromatic heterocycles. The fourth-order valence-corrected chi connectivity index (χ4v) is 18.3. The quantitative estimate of drug-likeness (QED) is 0.0243. The Morgan fingerprint density at radius 2 is 0.800 bits per heavy atom. The number of pyridine rings is 8. The van der Waals surface area contributed by atoms with Crippen LogP contribution in [0.1, 0.15) is 154 Å². The molecule has 36 heteroatoms. The molecular weight excluding hydrogens is 1900 g/mol. The van der Waals surface area contributed by atoms with E-state index in [1.165, 1.54) is 63.0 Å². The van der Waals surface area contributed by atoms with Crippen LogP contribution >= 0.6 is 54.0 Å². The molecule has 0 saturated carbocycles. The van der Waals surface area contributed by atoms with Gasteiger partial charge in [0.1, 0.15) is 54.4 Å². The van der Waals surface area contributed by atoms with E-state index in [0.29, 0.717) is 53.0 Å². The lowest BCUT2D eigenvalue weighted by Gasteiger charge is -2.28. The number of aryl methyl sites for hydroxylation is 2. The summed E-state index contributed by atoms with van der Waals surface area (Å²) in [7, 11) is 9.34. The van der Waals surface area contributed by atoms with Crippen LogP contribution in [0, 0.1) is 37.3 Å². The maximum atomic E-state index is 14.7. The Morgan fingerprint density at radius 1 is 0.407 bits per heavy atom. The van der Waals surface area contributed by atoms with Gasteiger partial charge in [-0.05, 0) is 187 Å². The van der Waals surface area contributed by atoms with Gasteiger partial charge in [0.05, 0.1) is 97.3 Å². The number of benzene rings is 4. The highest BCUT2D eigenvalue weighted by atomic mass is 32.1. The second-order valence-corrected chi connectivity index (χ2v) is 36.7. The minimum atomic E-state index is -0.636. The minimum absolute atomic E-state index is 0. The molecule has 4 atom stereocenters. The Hall–Kier alpha value is -14.6. The van der Waals surface area contributed by atoms with Crippen molar-refractivity contribution in [1.29, 1.82) is 0 Å². The molecule has 16 heterocycles. The van der Waals surface area contributed by atoms with E-state index in [4.69, 9.17) is 19.9 Å². The van der Waals surface area contributed by atoms with Crippen LogP contribution in [-0.4, -0.2) is 194 Å². The summed E-state index contributed by atoms with van der Waals surface area (Å²) in [6.45, 7) is 27.9. The number of aromatic nitrogens is 16. The molecule has 750 valence electrons. The summed E-state index contributed by atoms with van der Waals surface area (Å²) in [4.78, 5) is 101. The monoisotopic (exact) mass is 2020 g/mol. The van der Waals surface area contributed by atoms with Gasteiger partial charge >= 0.3 is 0 Å². The maximum absolute atomic E-state index is 14.7. The lowest BCUT2D eigenvalue weighted by molar-refractivity contribution is 0.0954. The smallest absolute Gasteiger partial charge is 0.254 e. The molecule has 2 saturated heterocycles. The second-order valence-electron chi connectivity index (χ2n) is 36.7. The molecule has 0 unspecified atom stereocenters. The van der Waals surface area contributed by atoms with Gasteiger partial charge < -0.3 is 47.1 Å². The van der Waals surface area contributed by atoms with Crippen molar-refractivity contribution >= 4 is 155 Å². The Labute approximate surface area is 871 Å². The summed E-state index contributed by atoms with van der Waals surface area (Å²) in [5, 5.41) is 23.6. The van der Waals surface area contributed by atoms with E-state index >= 15 is 0 Å². The van der Waals surface area contributed by atoms with Crippen molar-refractivity contribution in [2.45, 2.75) is 104 Å². The van der Waals surface area contributed by atoms with Crippen LogP contribution in [0.4, 0.5) is 43.4 Å². The molecule has 2 amide bonds. The van der Waals surface area contributed by atoms with E-state index in [-0.39, 0.29) is 100 Å². The standard InChI is InChI=1S/2C30H34FN7O.C25H25N7.C24H23N7.4H2S/c1-19(23-6-7-25(31)28-24(30(39)32-2)8-11-33-29(23)28)16-35-27-15-26(36-18-37-27)21-4-5-22(34-17-21)14-20-9-12-38(3)13-10-20;1-19(23-5-4-6-24-28(30(39)32-2)25(31)17-35-29(23)24)15-34-27-14-26(36-18-37-27)21-7-8-22(33-16-21)13-20-9-11-38(3)12-10-20;1-15(11-27-23-10-21(29-14-30-23)18-9-8-16(2)26-12-18)19-6-5-7-20-24-17(3)32(4)31-22(24)13-28-25(19)20;1-14(10-26-22-9-20(28-13-29-22)17-8-7-15(2)25-11-17)18-5-4-6-19-23-16(3)30-31-21(23)12-27-24(18)19;;;;/h4-8,11,15,17-20H,9-10,12-14,16H2,1-3H3,(H,32,39)(H,35,36,37);4-8,14,16-20H,9-13,15H2,1-3H3,(H,32,39)(H,34,36,37);5-10,12-15,31H,3,11H2,1-2,4H3,(H,27,29,30);4-9,11-14,30-31H,3,10H2,1-2H3,(H,26,28,29);4*1H2/t2*19-;15-;14-;;;;/m1111..../s1. The number of nitrogens with one attached hydrogen (secondary N) is 9. The number of amides is 2. The van der Waals surface area contributed by atoms with Gasteiger partial charge in [-0.25, -0.2) is 48.7 Å². The van der Waals surface area contributed by atoms with E-state index in [9.17, 15) is 18.4 Å². The number of hydrazine groups is 2. The average Bonchev–Trinajstić information content (AvgIpc) is 1.32. The maximum Gasteiger partial charge on any atom is 0.254 e. The summed E-state index contributed by atoms with van der Waals surface area (Å²) in [6.07, 6.45) is 27.0. The van der Waals surface area contributed by atoms with Crippen molar-refractivity contribution < 1.29 is 18.4 Å². The van der Waals surface area contributed by atoms with Gasteiger partial charge in [-0.15, -0.1) is 0 Å². The molecule has 145 heavy (non-hydrogen) atoms. The summed E-state index contributed by atoms with van der Waals surface area (Å²) < 4.78 is 29.2. The summed E-state index contributed by atoms with van der Waals surface area (Å²) in [6, 6.07) is 46.9. The molecule has 4 aliphatic heterocycles. The van der Waals surface area contributed by atoms with Gasteiger partial charge in [-0.3, -0.25) is 65.3 Å². The zero-order valence-electron chi connectivity index (χ0n) is 83.1. The van der Waals surface area contributed by atoms with Crippen LogP contribution in [-0.2, 0) is 12.8 Å². The van der Waals surface area contributed by atoms with Crippen molar-refractivity contribution in [3.63, 3.8) is 0 Å². The first-order chi connectivity index (χ1) is 68.5. The molecule has 0 radical (unpaired) electrons. The molecule has 4 aliphatic rings. The van der Waals surface area contributed by atoms with Gasteiger partial charge in [0, 0.05) is 204 Å². The molecule has 9 N–H and O–H groups in total. The van der Waals surface area contributed by atoms with Crippen LogP contribution in [0.5, 0.6) is 0 Å². The first-order valence-corrected chi connectivity index (χ1v) is 47.7. The van der Waals surface area contributed by atoms with Crippen molar-refractivity contribution in [3.05, 3.63) is 313 Å². The number of piperidine rings is 2. The molecule has 16 aromatic rings. The number of rotatable bonds is 26. The highest BCUT2D eigenvalue weighted by molar-refractivity contribution is 7.59. The van der Waals surface area contributed by atoms with Crippen LogP contribution in [0.3, 0.4) is 0 Å². The number of anilines is 6. The summed E-state index contributed by atoms with van der Waals surface area (Å²) in [5.74, 6) is 2.88. The van der Waals surface area contributed by atoms with Crippen molar-refractivity contribution in [1.82, 2.24) is 111 Å². The third-order valence-corrected chi connectivity index (χ3v) is 26.6. The number of para-hydroxylation sites is 3. The van der Waals surface area contributed by atoms with Crippen molar-refractivity contribution in [3.8, 4) is 45.0 Å². The molecule has 30 nitrogen and oxygen atoms in total. The van der Waals surface area contributed by atoms with Gasteiger partial charge in [-0.1, -0.05) is 102 Å². The zero-order chi connectivity index (χ0) is 98.3. The number of nitrogens with zero attached hydrogens (tertiary/aromatic N) is 19. The lowest BCUT2D eigenvalue weighted by atomic mass is 9.92. The molecule has 0 bridgehead atoms. The topological polar surface area (TPSA) is 358 Å². The predicted molar refractivity (Wildman–Crippen MR) is 597 cm³/mol. The normalized spacial score (nSPS) is 14.1. The number of halogens is 2.